The van der Waals surface area contributed by atoms with Crippen molar-refractivity contribution in [1.29, 1.82) is 0 Å². The first-order chi connectivity index (χ1) is 7.79. The van der Waals surface area contributed by atoms with Gasteiger partial charge in [-0.25, -0.2) is 4.98 Å². The molecule has 2 fully saturated rings. The van der Waals surface area contributed by atoms with Gasteiger partial charge in [0.05, 0.1) is 19.0 Å². The van der Waals surface area contributed by atoms with E-state index in [-0.39, 0.29) is 0 Å². The lowest BCUT2D eigenvalue weighted by Gasteiger charge is -2.45. The Labute approximate surface area is 103 Å². The van der Waals surface area contributed by atoms with Crippen LogP contribution in [0.25, 0.3) is 0 Å². The minimum absolute atomic E-state index is 0.646. The van der Waals surface area contributed by atoms with Gasteiger partial charge in [0.1, 0.15) is 4.60 Å². The molecule has 0 unspecified atom stereocenters. The molecule has 4 nitrogen and oxygen atoms in total. The van der Waals surface area contributed by atoms with Gasteiger partial charge < -0.3 is 15.0 Å². The van der Waals surface area contributed by atoms with Crippen molar-refractivity contribution < 1.29 is 4.74 Å². The zero-order chi connectivity index (χ0) is 11.1. The van der Waals surface area contributed by atoms with Crippen LogP contribution in [0.1, 0.15) is 0 Å². The Balaban J connectivity index is 1.84. The predicted octanol–water partition coefficient (Wildman–Crippen LogP) is 1.26. The highest BCUT2D eigenvalue weighted by atomic mass is 79.9. The highest BCUT2D eigenvalue weighted by Gasteiger charge is 2.42. The Morgan fingerprint density at radius 1 is 1.56 bits per heavy atom. The fourth-order valence-corrected chi connectivity index (χ4v) is 2.91. The summed E-state index contributed by atoms with van der Waals surface area (Å²) < 4.78 is 6.03. The number of aromatic nitrogens is 1. The topological polar surface area (TPSA) is 37.4 Å². The SMILES string of the molecule is COc1cc(N2C[C@H]3CNC[C@H]32)cnc1Br. The number of ether oxygens (including phenoxy) is 1. The zero-order valence-corrected chi connectivity index (χ0v) is 10.7. The molecule has 0 radical (unpaired) electrons. The average molecular weight is 284 g/mol. The molecular weight excluding hydrogens is 270 g/mol. The molecule has 16 heavy (non-hydrogen) atoms. The van der Waals surface area contributed by atoms with Gasteiger partial charge in [0.2, 0.25) is 0 Å². The molecule has 5 heteroatoms. The molecular formula is C11H14BrN3O. The summed E-state index contributed by atoms with van der Waals surface area (Å²) in [5.41, 5.74) is 1.16. The van der Waals surface area contributed by atoms with Crippen LogP contribution >= 0.6 is 15.9 Å². The summed E-state index contributed by atoms with van der Waals surface area (Å²) in [4.78, 5) is 6.69. The number of hydrogen-bond donors (Lipinski definition) is 1. The van der Waals surface area contributed by atoms with Gasteiger partial charge in [-0.1, -0.05) is 0 Å². The van der Waals surface area contributed by atoms with Crippen LogP contribution in [0.4, 0.5) is 5.69 Å². The van der Waals surface area contributed by atoms with Crippen LogP contribution in [-0.2, 0) is 0 Å². The lowest BCUT2D eigenvalue weighted by Crippen LogP contribution is -2.55. The van der Waals surface area contributed by atoms with Crippen LogP contribution in [0.3, 0.4) is 0 Å². The first kappa shape index (κ1) is 10.4. The number of pyridine rings is 1. The van der Waals surface area contributed by atoms with E-state index in [0.29, 0.717) is 6.04 Å². The van der Waals surface area contributed by atoms with E-state index in [4.69, 9.17) is 4.74 Å². The predicted molar refractivity (Wildman–Crippen MR) is 66.0 cm³/mol. The van der Waals surface area contributed by atoms with Crippen molar-refractivity contribution >= 4 is 21.6 Å². The molecule has 0 spiro atoms. The maximum atomic E-state index is 5.26. The molecule has 2 aliphatic heterocycles. The number of rotatable bonds is 2. The third-order valence-electron chi connectivity index (χ3n) is 3.48. The molecule has 0 amide bonds. The molecule has 86 valence electrons. The second-order valence-electron chi connectivity index (χ2n) is 4.32. The lowest BCUT2D eigenvalue weighted by molar-refractivity contribution is 0.363. The zero-order valence-electron chi connectivity index (χ0n) is 9.11. The van der Waals surface area contributed by atoms with E-state index in [1.165, 1.54) is 0 Å². The smallest absolute Gasteiger partial charge is 0.153 e. The molecule has 2 atom stereocenters. The Kier molecular flexibility index (Phi) is 2.52. The van der Waals surface area contributed by atoms with Gasteiger partial charge in [0.15, 0.2) is 5.75 Å². The quantitative estimate of drug-likeness (QED) is 0.830. The van der Waals surface area contributed by atoms with Crippen molar-refractivity contribution in [3.8, 4) is 5.75 Å². The molecule has 3 rings (SSSR count). The molecule has 0 aliphatic carbocycles. The van der Waals surface area contributed by atoms with Crippen LogP contribution < -0.4 is 15.0 Å². The third kappa shape index (κ3) is 1.50. The monoisotopic (exact) mass is 283 g/mol. The van der Waals surface area contributed by atoms with Gasteiger partial charge in [-0.2, -0.15) is 0 Å². The van der Waals surface area contributed by atoms with Crippen LogP contribution in [-0.4, -0.2) is 37.8 Å². The number of nitrogens with one attached hydrogen (secondary N) is 1. The molecule has 3 heterocycles. The van der Waals surface area contributed by atoms with E-state index in [9.17, 15) is 0 Å². The van der Waals surface area contributed by atoms with Crippen molar-refractivity contribution in [3.63, 3.8) is 0 Å². The lowest BCUT2D eigenvalue weighted by atomic mass is 9.91. The molecule has 2 saturated heterocycles. The summed E-state index contributed by atoms with van der Waals surface area (Å²) in [5, 5.41) is 3.42. The van der Waals surface area contributed by atoms with Crippen LogP contribution in [0, 0.1) is 5.92 Å². The van der Waals surface area contributed by atoms with Crippen LogP contribution in [0.15, 0.2) is 16.9 Å². The molecule has 0 aromatic carbocycles. The number of hydrogen-bond acceptors (Lipinski definition) is 4. The van der Waals surface area contributed by atoms with Gasteiger partial charge in [0.25, 0.3) is 0 Å². The van der Waals surface area contributed by atoms with Crippen molar-refractivity contribution in [3.05, 3.63) is 16.9 Å². The summed E-state index contributed by atoms with van der Waals surface area (Å²) in [6.45, 7) is 3.37. The van der Waals surface area contributed by atoms with E-state index in [0.717, 1.165) is 41.6 Å². The minimum Gasteiger partial charge on any atom is -0.494 e. The summed E-state index contributed by atoms with van der Waals surface area (Å²) in [6.07, 6.45) is 1.90. The van der Waals surface area contributed by atoms with E-state index in [1.54, 1.807) is 7.11 Å². The average Bonchev–Trinajstić information content (AvgIpc) is 2.63. The number of anilines is 1. The van der Waals surface area contributed by atoms with Crippen LogP contribution in [0.5, 0.6) is 5.75 Å². The fraction of sp³-hybridized carbons (Fsp3) is 0.545. The molecule has 0 bridgehead atoms. The van der Waals surface area contributed by atoms with Crippen molar-refractivity contribution in [2.45, 2.75) is 6.04 Å². The van der Waals surface area contributed by atoms with Crippen LogP contribution in [0.2, 0.25) is 0 Å². The van der Waals surface area contributed by atoms with E-state index >= 15 is 0 Å². The molecule has 0 saturated carbocycles. The van der Waals surface area contributed by atoms with Gasteiger partial charge >= 0.3 is 0 Å². The summed E-state index contributed by atoms with van der Waals surface area (Å²) >= 11 is 3.37. The second-order valence-corrected chi connectivity index (χ2v) is 5.08. The summed E-state index contributed by atoms with van der Waals surface area (Å²) in [6, 6.07) is 2.69. The molecule has 1 aromatic heterocycles. The standard InChI is InChI=1S/C11H14BrN3O/c1-16-10-2-8(4-14-11(10)12)15-6-7-3-13-5-9(7)15/h2,4,7,9,13H,3,5-6H2,1H3/t7-,9-/m1/s1. The Hall–Kier alpha value is -0.810. The highest BCUT2D eigenvalue weighted by Crippen LogP contribution is 2.35. The van der Waals surface area contributed by atoms with Crippen molar-refractivity contribution in [2.75, 3.05) is 31.6 Å². The number of nitrogens with zero attached hydrogens (tertiary/aromatic N) is 2. The second kappa shape index (κ2) is 3.89. The van der Waals surface area contributed by atoms with Gasteiger partial charge in [-0.15, -0.1) is 0 Å². The van der Waals surface area contributed by atoms with E-state index in [2.05, 4.69) is 31.1 Å². The third-order valence-corrected chi connectivity index (χ3v) is 4.08. The number of halogens is 1. The largest absolute Gasteiger partial charge is 0.494 e. The van der Waals surface area contributed by atoms with Gasteiger partial charge in [-0.3, -0.25) is 0 Å². The molecule has 1 N–H and O–H groups in total. The first-order valence-corrected chi connectivity index (χ1v) is 6.26. The van der Waals surface area contributed by atoms with E-state index in [1.807, 2.05) is 12.3 Å². The molecule has 2 aliphatic rings. The fourth-order valence-electron chi connectivity index (χ4n) is 2.53. The Morgan fingerprint density at radius 2 is 2.44 bits per heavy atom. The summed E-state index contributed by atoms with van der Waals surface area (Å²) in [5.74, 6) is 1.61. The maximum Gasteiger partial charge on any atom is 0.153 e. The van der Waals surface area contributed by atoms with Gasteiger partial charge in [-0.05, 0) is 15.9 Å². The Morgan fingerprint density at radius 3 is 3.19 bits per heavy atom. The number of methoxy groups -OCH3 is 1. The first-order valence-electron chi connectivity index (χ1n) is 5.46. The minimum atomic E-state index is 0.646. The normalized spacial score (nSPS) is 27.5. The van der Waals surface area contributed by atoms with E-state index < -0.39 is 0 Å². The van der Waals surface area contributed by atoms with Gasteiger partial charge in [0, 0.05) is 37.7 Å². The molecule has 1 aromatic rings. The highest BCUT2D eigenvalue weighted by molar-refractivity contribution is 9.10. The Bertz CT molecular complexity index is 412. The van der Waals surface area contributed by atoms with Crippen molar-refractivity contribution in [2.24, 2.45) is 5.92 Å². The number of fused-ring (bicyclic) bond motifs is 1. The maximum absolute atomic E-state index is 5.26. The van der Waals surface area contributed by atoms with Crippen molar-refractivity contribution in [1.82, 2.24) is 10.3 Å². The summed E-state index contributed by atoms with van der Waals surface area (Å²) in [7, 11) is 1.67.